The van der Waals surface area contributed by atoms with E-state index in [0.29, 0.717) is 12.8 Å². The van der Waals surface area contributed by atoms with Crippen molar-refractivity contribution in [2.24, 2.45) is 11.7 Å². The number of carbonyl (C=O) groups excluding carboxylic acids is 3. The van der Waals surface area contributed by atoms with Crippen LogP contribution in [-0.2, 0) is 14.3 Å². The minimum absolute atomic E-state index is 0.0619. The first kappa shape index (κ1) is 29.0. The zero-order valence-electron chi connectivity index (χ0n) is 21.4. The summed E-state index contributed by atoms with van der Waals surface area (Å²) < 4.78 is 5.89. The van der Waals surface area contributed by atoms with E-state index in [0.717, 1.165) is 57.8 Å². The number of nitro benzene ring substituents is 1. The number of hydrogen-bond donors (Lipinski definition) is 1. The van der Waals surface area contributed by atoms with Crippen LogP contribution in [0.4, 0.5) is 5.69 Å². The van der Waals surface area contributed by atoms with Gasteiger partial charge in [0.25, 0.3) is 11.6 Å². The molecule has 2 N–H and O–H groups in total. The number of nitrogens with zero attached hydrogens (tertiary/aromatic N) is 2. The predicted octanol–water partition coefficient (Wildman–Crippen LogP) is 5.28. The number of carbonyl (C=O) groups is 3. The number of ether oxygens (including phenoxy) is 1. The van der Waals surface area contributed by atoms with Crippen molar-refractivity contribution in [2.75, 3.05) is 0 Å². The first-order chi connectivity index (χ1) is 17.3. The standard InChI is InChI=1S/C27H39N3O6/c1-3-4-5-8-14-21(15-9-6-7-13-20(2)25(28)31)36-27(33)24-18-12-19-29(24)26(32)22-16-10-11-17-23(22)30(34)35/h10-12,16-17,19-21,24H,3-9,13-15,18H2,1-2H3,(H2,28,31)/t20-,21-,24+/m1/s1. The van der Waals surface area contributed by atoms with Gasteiger partial charge >= 0.3 is 5.97 Å². The van der Waals surface area contributed by atoms with Crippen molar-refractivity contribution in [3.8, 4) is 0 Å². The molecule has 0 saturated carbocycles. The van der Waals surface area contributed by atoms with E-state index in [1.54, 1.807) is 12.1 Å². The van der Waals surface area contributed by atoms with Crippen molar-refractivity contribution in [1.29, 1.82) is 0 Å². The van der Waals surface area contributed by atoms with Crippen LogP contribution in [0.5, 0.6) is 0 Å². The number of benzene rings is 1. The highest BCUT2D eigenvalue weighted by atomic mass is 16.6. The Hall–Kier alpha value is -3.23. The summed E-state index contributed by atoms with van der Waals surface area (Å²) in [5.74, 6) is -1.52. The molecule has 0 spiro atoms. The van der Waals surface area contributed by atoms with Crippen LogP contribution >= 0.6 is 0 Å². The highest BCUT2D eigenvalue weighted by Gasteiger charge is 2.36. The van der Waals surface area contributed by atoms with Gasteiger partial charge in [-0.2, -0.15) is 0 Å². The lowest BCUT2D eigenvalue weighted by Gasteiger charge is -2.25. The number of esters is 1. The molecule has 0 aliphatic carbocycles. The fourth-order valence-electron chi connectivity index (χ4n) is 4.34. The maximum absolute atomic E-state index is 13.1. The van der Waals surface area contributed by atoms with Gasteiger partial charge in [-0.15, -0.1) is 0 Å². The Bertz CT molecular complexity index is 932. The summed E-state index contributed by atoms with van der Waals surface area (Å²) in [4.78, 5) is 49.4. The lowest BCUT2D eigenvalue weighted by Crippen LogP contribution is -2.41. The van der Waals surface area contributed by atoms with Crippen LogP contribution in [0, 0.1) is 16.0 Å². The summed E-state index contributed by atoms with van der Waals surface area (Å²) in [6.45, 7) is 3.97. The van der Waals surface area contributed by atoms with E-state index in [1.165, 1.54) is 29.3 Å². The second kappa shape index (κ2) is 15.0. The van der Waals surface area contributed by atoms with Crippen LogP contribution in [0.15, 0.2) is 36.5 Å². The zero-order valence-corrected chi connectivity index (χ0v) is 21.4. The van der Waals surface area contributed by atoms with Crippen LogP contribution in [0.25, 0.3) is 0 Å². The first-order valence-corrected chi connectivity index (χ1v) is 13.0. The summed E-state index contributed by atoms with van der Waals surface area (Å²) >= 11 is 0. The van der Waals surface area contributed by atoms with Crippen molar-refractivity contribution in [1.82, 2.24) is 4.90 Å². The summed E-state index contributed by atoms with van der Waals surface area (Å²) in [5, 5.41) is 11.4. The van der Waals surface area contributed by atoms with Gasteiger partial charge in [0.15, 0.2) is 0 Å². The molecule has 1 aliphatic heterocycles. The van der Waals surface area contributed by atoms with Gasteiger partial charge in [-0.05, 0) is 44.6 Å². The molecule has 1 heterocycles. The second-order valence-electron chi connectivity index (χ2n) is 9.47. The molecular formula is C27H39N3O6. The quantitative estimate of drug-likeness (QED) is 0.142. The SMILES string of the molecule is CCCCCC[C@H](CCCCC[C@@H](C)C(N)=O)OC(=O)[C@@H]1CC=CN1C(=O)c1ccccc1[N+](=O)[O-]. The molecule has 1 aromatic rings. The van der Waals surface area contributed by atoms with E-state index in [1.807, 2.05) is 6.92 Å². The third-order valence-corrected chi connectivity index (χ3v) is 6.61. The molecule has 9 nitrogen and oxygen atoms in total. The molecule has 1 aromatic carbocycles. The van der Waals surface area contributed by atoms with E-state index in [-0.39, 0.29) is 29.2 Å². The molecule has 0 fully saturated rings. The number of hydrogen-bond acceptors (Lipinski definition) is 6. The maximum Gasteiger partial charge on any atom is 0.329 e. The van der Waals surface area contributed by atoms with E-state index < -0.39 is 22.8 Å². The smallest absolute Gasteiger partial charge is 0.329 e. The minimum Gasteiger partial charge on any atom is -0.461 e. The van der Waals surface area contributed by atoms with Crippen molar-refractivity contribution >= 4 is 23.5 Å². The first-order valence-electron chi connectivity index (χ1n) is 13.0. The maximum atomic E-state index is 13.1. The van der Waals surface area contributed by atoms with Crippen LogP contribution in [0.2, 0.25) is 0 Å². The van der Waals surface area contributed by atoms with Crippen LogP contribution in [0.1, 0.15) is 94.8 Å². The van der Waals surface area contributed by atoms with Gasteiger partial charge in [0.05, 0.1) is 4.92 Å². The molecule has 1 aliphatic rings. The molecule has 198 valence electrons. The Morgan fingerprint density at radius 3 is 2.36 bits per heavy atom. The molecule has 9 heteroatoms. The molecule has 36 heavy (non-hydrogen) atoms. The Labute approximate surface area is 213 Å². The van der Waals surface area contributed by atoms with Crippen LogP contribution < -0.4 is 5.73 Å². The highest BCUT2D eigenvalue weighted by Crippen LogP contribution is 2.26. The summed E-state index contributed by atoms with van der Waals surface area (Å²) in [7, 11) is 0. The molecule has 0 aromatic heterocycles. The van der Waals surface area contributed by atoms with Crippen LogP contribution in [-0.4, -0.2) is 39.8 Å². The van der Waals surface area contributed by atoms with Crippen molar-refractivity contribution in [3.63, 3.8) is 0 Å². The summed E-state index contributed by atoms with van der Waals surface area (Å²) in [6.07, 6.45) is 12.4. The van der Waals surface area contributed by atoms with Gasteiger partial charge in [0.2, 0.25) is 5.91 Å². The van der Waals surface area contributed by atoms with Crippen molar-refractivity contribution < 1.29 is 24.0 Å². The van der Waals surface area contributed by atoms with Gasteiger partial charge in [0.1, 0.15) is 17.7 Å². The predicted molar refractivity (Wildman–Crippen MR) is 137 cm³/mol. The Morgan fingerprint density at radius 1 is 1.08 bits per heavy atom. The molecular weight excluding hydrogens is 462 g/mol. The van der Waals surface area contributed by atoms with Gasteiger partial charge < -0.3 is 15.4 Å². The number of nitrogens with two attached hydrogens (primary N) is 1. The normalized spacial score (nSPS) is 16.5. The van der Waals surface area contributed by atoms with E-state index in [4.69, 9.17) is 10.5 Å². The third kappa shape index (κ3) is 8.77. The van der Waals surface area contributed by atoms with Crippen molar-refractivity contribution in [3.05, 3.63) is 52.2 Å². The largest absolute Gasteiger partial charge is 0.461 e. The summed E-state index contributed by atoms with van der Waals surface area (Å²) in [6, 6.07) is 4.88. The Kier molecular flexibility index (Phi) is 12.1. The summed E-state index contributed by atoms with van der Waals surface area (Å²) in [5.41, 5.74) is 4.96. The number of unbranched alkanes of at least 4 members (excludes halogenated alkanes) is 5. The average molecular weight is 502 g/mol. The molecule has 0 saturated heterocycles. The number of rotatable bonds is 16. The molecule has 2 amide bonds. The zero-order chi connectivity index (χ0) is 26.5. The monoisotopic (exact) mass is 501 g/mol. The topological polar surface area (TPSA) is 133 Å². The minimum atomic E-state index is -0.841. The number of primary amides is 1. The number of para-hydroxylation sites is 1. The van der Waals surface area contributed by atoms with E-state index in [2.05, 4.69) is 6.92 Å². The van der Waals surface area contributed by atoms with E-state index >= 15 is 0 Å². The molecule has 0 radical (unpaired) electrons. The second-order valence-corrected chi connectivity index (χ2v) is 9.47. The number of nitro groups is 1. The van der Waals surface area contributed by atoms with Gasteiger partial charge in [-0.3, -0.25) is 19.7 Å². The van der Waals surface area contributed by atoms with Gasteiger partial charge in [-0.25, -0.2) is 4.79 Å². The van der Waals surface area contributed by atoms with Crippen molar-refractivity contribution in [2.45, 2.75) is 96.6 Å². The third-order valence-electron chi connectivity index (χ3n) is 6.61. The Balaban J connectivity index is 1.99. The van der Waals surface area contributed by atoms with Gasteiger partial charge in [0, 0.05) is 18.2 Å². The molecule has 0 bridgehead atoms. The number of amides is 2. The lowest BCUT2D eigenvalue weighted by molar-refractivity contribution is -0.385. The molecule has 2 rings (SSSR count). The highest BCUT2D eigenvalue weighted by molar-refractivity contribution is 6.01. The average Bonchev–Trinajstić information content (AvgIpc) is 3.35. The molecule has 0 unspecified atom stereocenters. The van der Waals surface area contributed by atoms with Crippen LogP contribution in [0.3, 0.4) is 0 Å². The van der Waals surface area contributed by atoms with Gasteiger partial charge in [-0.1, -0.05) is 64.2 Å². The lowest BCUT2D eigenvalue weighted by atomic mass is 9.99. The van der Waals surface area contributed by atoms with E-state index in [9.17, 15) is 24.5 Å². The molecule has 3 atom stereocenters. The fourth-order valence-corrected chi connectivity index (χ4v) is 4.34. The Morgan fingerprint density at radius 2 is 1.72 bits per heavy atom. The fraction of sp³-hybridized carbons (Fsp3) is 0.593.